The third kappa shape index (κ3) is 4.24. The van der Waals surface area contributed by atoms with Gasteiger partial charge in [0.2, 0.25) is 10.0 Å². The molecule has 0 amide bonds. The van der Waals surface area contributed by atoms with E-state index >= 15 is 0 Å². The number of phenolic OH excluding ortho intramolecular Hbond substituents is 1. The first kappa shape index (κ1) is 22.6. The van der Waals surface area contributed by atoms with Crippen LogP contribution in [-0.2, 0) is 14.8 Å². The highest BCUT2D eigenvalue weighted by Gasteiger charge is 2.40. The number of nitrogens with zero attached hydrogens (tertiary/aromatic N) is 6. The molecule has 3 heterocycles. The minimum absolute atomic E-state index is 0.0291. The molecule has 11 nitrogen and oxygen atoms in total. The number of carboxylic acid groups (broad SMARTS) is 1. The lowest BCUT2D eigenvalue weighted by Crippen LogP contribution is -2.58. The summed E-state index contributed by atoms with van der Waals surface area (Å²) in [6, 6.07) is 11.4. The van der Waals surface area contributed by atoms with E-state index in [1.807, 2.05) is 0 Å². The number of aliphatic carboxylic acids is 1. The number of aromatic nitrogens is 4. The van der Waals surface area contributed by atoms with Crippen LogP contribution in [0.25, 0.3) is 22.3 Å². The van der Waals surface area contributed by atoms with Crippen molar-refractivity contribution in [3.05, 3.63) is 67.3 Å². The number of anilines is 1. The number of phenols is 1. The van der Waals surface area contributed by atoms with E-state index in [1.165, 1.54) is 30.9 Å². The van der Waals surface area contributed by atoms with Gasteiger partial charge in [-0.2, -0.15) is 4.31 Å². The Labute approximate surface area is 200 Å². The number of benzene rings is 2. The number of piperazine rings is 1. The predicted molar refractivity (Wildman–Crippen MR) is 126 cm³/mol. The summed E-state index contributed by atoms with van der Waals surface area (Å²) in [5.74, 6) is -0.778. The van der Waals surface area contributed by atoms with Crippen molar-refractivity contribution in [3.8, 4) is 16.9 Å². The number of sulfonamides is 1. The van der Waals surface area contributed by atoms with Gasteiger partial charge in [-0.3, -0.25) is 4.79 Å². The highest BCUT2D eigenvalue weighted by molar-refractivity contribution is 7.89. The molecular weight excluding hydrogens is 472 g/mol. The topological polar surface area (TPSA) is 150 Å². The third-order valence-electron chi connectivity index (χ3n) is 5.83. The molecule has 5 rings (SSSR count). The van der Waals surface area contributed by atoms with Gasteiger partial charge in [-0.25, -0.2) is 28.4 Å². The molecule has 0 aliphatic carbocycles. The molecule has 2 N–H and O–H groups in total. The monoisotopic (exact) mass is 492 g/mol. The molecule has 0 saturated carbocycles. The number of aromatic hydroxyl groups is 1. The molecule has 2 aromatic carbocycles. The Morgan fingerprint density at radius 3 is 2.51 bits per heavy atom. The SMILES string of the molecule is O=C(O)C1CN(c2cnc3cncnc3n2)CCN1S(=O)(=O)c1ccc(-c2ccccc2O)cc1. The van der Waals surface area contributed by atoms with Crippen LogP contribution in [0.5, 0.6) is 5.75 Å². The van der Waals surface area contributed by atoms with Gasteiger partial charge >= 0.3 is 5.97 Å². The number of fused-ring (bicyclic) bond motifs is 1. The maximum Gasteiger partial charge on any atom is 0.323 e. The first-order chi connectivity index (χ1) is 16.8. The second kappa shape index (κ2) is 8.89. The molecule has 2 aromatic heterocycles. The minimum atomic E-state index is -4.10. The summed E-state index contributed by atoms with van der Waals surface area (Å²) in [5.41, 5.74) is 2.07. The number of para-hydroxylation sites is 1. The fourth-order valence-electron chi connectivity index (χ4n) is 4.03. The van der Waals surface area contributed by atoms with Gasteiger partial charge in [0.15, 0.2) is 5.65 Å². The zero-order valence-corrected chi connectivity index (χ0v) is 19.1. The second-order valence-corrected chi connectivity index (χ2v) is 9.81. The van der Waals surface area contributed by atoms with E-state index in [0.717, 1.165) is 4.31 Å². The van der Waals surface area contributed by atoms with Crippen LogP contribution in [0.15, 0.2) is 72.1 Å². The van der Waals surface area contributed by atoms with Crippen molar-refractivity contribution in [1.29, 1.82) is 0 Å². The Hall–Kier alpha value is -4.16. The Morgan fingerprint density at radius 2 is 1.77 bits per heavy atom. The average Bonchev–Trinajstić information content (AvgIpc) is 2.88. The van der Waals surface area contributed by atoms with Crippen LogP contribution in [0.1, 0.15) is 0 Å². The van der Waals surface area contributed by atoms with Crippen LogP contribution in [-0.4, -0.2) is 74.5 Å². The standard InChI is InChI=1S/C23H20N6O5S/c30-20-4-2-1-3-17(20)15-5-7-16(8-6-15)35(33,34)29-10-9-28(13-19(29)23(31)32)21-12-25-18-11-24-14-26-22(18)27-21/h1-8,11-12,14,19,30H,9-10,13H2,(H,31,32). The van der Waals surface area contributed by atoms with Crippen LogP contribution in [0.2, 0.25) is 0 Å². The minimum Gasteiger partial charge on any atom is -0.507 e. The largest absolute Gasteiger partial charge is 0.507 e. The van der Waals surface area contributed by atoms with E-state index in [9.17, 15) is 23.4 Å². The van der Waals surface area contributed by atoms with Gasteiger partial charge in [0.05, 0.1) is 17.3 Å². The number of carbonyl (C=O) groups is 1. The third-order valence-corrected chi connectivity index (χ3v) is 7.75. The normalized spacial score (nSPS) is 16.9. The summed E-state index contributed by atoms with van der Waals surface area (Å²) in [5, 5.41) is 19.9. The molecule has 1 fully saturated rings. The lowest BCUT2D eigenvalue weighted by atomic mass is 10.1. The fraction of sp³-hybridized carbons (Fsp3) is 0.174. The molecule has 12 heteroatoms. The first-order valence-electron chi connectivity index (χ1n) is 10.7. The Morgan fingerprint density at radius 1 is 1.00 bits per heavy atom. The van der Waals surface area contributed by atoms with Crippen molar-refractivity contribution >= 4 is 33.0 Å². The molecule has 1 unspecified atom stereocenters. The van der Waals surface area contributed by atoms with Crippen LogP contribution in [0.4, 0.5) is 5.82 Å². The fourth-order valence-corrected chi connectivity index (χ4v) is 5.60. The Kier molecular flexibility index (Phi) is 5.75. The van der Waals surface area contributed by atoms with E-state index in [1.54, 1.807) is 41.3 Å². The maximum absolute atomic E-state index is 13.4. The van der Waals surface area contributed by atoms with Crippen LogP contribution in [0.3, 0.4) is 0 Å². The van der Waals surface area contributed by atoms with Crippen molar-refractivity contribution in [2.24, 2.45) is 0 Å². The lowest BCUT2D eigenvalue weighted by Gasteiger charge is -2.38. The van der Waals surface area contributed by atoms with Gasteiger partial charge in [-0.1, -0.05) is 30.3 Å². The molecule has 35 heavy (non-hydrogen) atoms. The van der Waals surface area contributed by atoms with Gasteiger partial charge < -0.3 is 15.1 Å². The lowest BCUT2D eigenvalue weighted by molar-refractivity contribution is -0.141. The number of hydrogen-bond donors (Lipinski definition) is 2. The zero-order chi connectivity index (χ0) is 24.6. The Bertz CT molecular complexity index is 1510. The average molecular weight is 493 g/mol. The van der Waals surface area contributed by atoms with Crippen molar-refractivity contribution in [1.82, 2.24) is 24.2 Å². The molecular formula is C23H20N6O5S. The summed E-state index contributed by atoms with van der Waals surface area (Å²) >= 11 is 0. The molecule has 1 aliphatic rings. The van der Waals surface area contributed by atoms with E-state index in [-0.39, 0.29) is 30.3 Å². The quantitative estimate of drug-likeness (QED) is 0.422. The van der Waals surface area contributed by atoms with E-state index in [2.05, 4.69) is 19.9 Å². The van der Waals surface area contributed by atoms with E-state index < -0.39 is 22.0 Å². The molecule has 0 radical (unpaired) electrons. The molecule has 0 bridgehead atoms. The number of carboxylic acids is 1. The summed E-state index contributed by atoms with van der Waals surface area (Å²) in [7, 11) is -4.10. The summed E-state index contributed by atoms with van der Waals surface area (Å²) in [6.07, 6.45) is 4.36. The highest BCUT2D eigenvalue weighted by Crippen LogP contribution is 2.31. The molecule has 1 aliphatic heterocycles. The van der Waals surface area contributed by atoms with E-state index in [0.29, 0.717) is 28.1 Å². The smallest absolute Gasteiger partial charge is 0.323 e. The van der Waals surface area contributed by atoms with Crippen LogP contribution < -0.4 is 4.90 Å². The summed E-state index contributed by atoms with van der Waals surface area (Å²) < 4.78 is 27.8. The molecule has 1 saturated heterocycles. The van der Waals surface area contributed by atoms with Crippen molar-refractivity contribution in [3.63, 3.8) is 0 Å². The van der Waals surface area contributed by atoms with Gasteiger partial charge in [0.1, 0.15) is 29.5 Å². The van der Waals surface area contributed by atoms with Crippen LogP contribution >= 0.6 is 0 Å². The molecule has 178 valence electrons. The van der Waals surface area contributed by atoms with Gasteiger partial charge in [-0.15, -0.1) is 0 Å². The van der Waals surface area contributed by atoms with Crippen molar-refractivity contribution in [2.75, 3.05) is 24.5 Å². The first-order valence-corrected chi connectivity index (χ1v) is 12.1. The Balaban J connectivity index is 1.40. The number of hydrogen-bond acceptors (Lipinski definition) is 9. The van der Waals surface area contributed by atoms with Gasteiger partial charge in [0, 0.05) is 25.2 Å². The molecule has 0 spiro atoms. The van der Waals surface area contributed by atoms with Crippen molar-refractivity contribution < 1.29 is 23.4 Å². The zero-order valence-electron chi connectivity index (χ0n) is 18.3. The van der Waals surface area contributed by atoms with Gasteiger partial charge in [-0.05, 0) is 23.8 Å². The van der Waals surface area contributed by atoms with E-state index in [4.69, 9.17) is 0 Å². The predicted octanol–water partition coefficient (Wildman–Crippen LogP) is 1.76. The maximum atomic E-state index is 13.4. The van der Waals surface area contributed by atoms with Crippen LogP contribution in [0, 0.1) is 0 Å². The summed E-state index contributed by atoms with van der Waals surface area (Å²) in [4.78, 5) is 30.4. The van der Waals surface area contributed by atoms with Crippen molar-refractivity contribution in [2.45, 2.75) is 10.9 Å². The summed E-state index contributed by atoms with van der Waals surface area (Å²) in [6.45, 7) is 0.0735. The highest BCUT2D eigenvalue weighted by atomic mass is 32.2. The molecule has 1 atom stereocenters. The molecule has 4 aromatic rings. The number of rotatable bonds is 5. The van der Waals surface area contributed by atoms with Gasteiger partial charge in [0.25, 0.3) is 0 Å². The second-order valence-electron chi connectivity index (χ2n) is 7.92.